The number of hydrogen-bond donors (Lipinski definition) is 2. The van der Waals surface area contributed by atoms with Crippen LogP contribution in [0.5, 0.6) is 5.75 Å². The molecule has 0 aliphatic carbocycles. The third-order valence-corrected chi connectivity index (χ3v) is 6.06. The fourth-order valence-corrected chi connectivity index (χ4v) is 4.15. The number of anilines is 1. The average Bonchev–Trinajstić information content (AvgIpc) is 2.86. The maximum absolute atomic E-state index is 12.9. The molecular formula is C25H29N5O4. The van der Waals surface area contributed by atoms with E-state index in [4.69, 9.17) is 4.74 Å². The van der Waals surface area contributed by atoms with Crippen LogP contribution in [-0.4, -0.2) is 60.7 Å². The summed E-state index contributed by atoms with van der Waals surface area (Å²) in [5.74, 6) is 0.253. The van der Waals surface area contributed by atoms with Crippen LogP contribution >= 0.6 is 0 Å². The molecule has 1 atom stereocenters. The molecule has 2 aliphatic heterocycles. The standard InChI is InChI=1S/C25H29N5O4/c1-17-25(33)30(20-9-4-3-5-10-20)28-23(26-17)24(32)27-19-12-14-29(15-13-19)22(31)16-18-8-6-7-11-21(18)34-2/h3-11,17,19H,12-16H2,1-2H3,(H,26,28)(H,27,32). The van der Waals surface area contributed by atoms with Crippen LogP contribution in [0.2, 0.25) is 0 Å². The summed E-state index contributed by atoms with van der Waals surface area (Å²) in [5.41, 5.74) is 4.35. The number of amidine groups is 1. The van der Waals surface area contributed by atoms with E-state index >= 15 is 0 Å². The highest BCUT2D eigenvalue weighted by Gasteiger charge is 2.32. The number of carbonyl (C=O) groups is 3. The summed E-state index contributed by atoms with van der Waals surface area (Å²) in [6, 6.07) is 15.8. The first-order chi connectivity index (χ1) is 16.5. The molecule has 0 aromatic heterocycles. The van der Waals surface area contributed by atoms with Crippen LogP contribution < -0.4 is 20.5 Å². The normalized spacial score (nSPS) is 18.7. The van der Waals surface area contributed by atoms with E-state index in [1.54, 1.807) is 26.2 Å². The molecule has 2 aromatic carbocycles. The highest BCUT2D eigenvalue weighted by molar-refractivity contribution is 6.39. The molecule has 2 aliphatic rings. The van der Waals surface area contributed by atoms with E-state index in [2.05, 4.69) is 15.7 Å². The highest BCUT2D eigenvalue weighted by Crippen LogP contribution is 2.20. The number of carbonyl (C=O) groups excluding carboxylic acids is 3. The fourth-order valence-electron chi connectivity index (χ4n) is 4.15. The second-order valence-corrected chi connectivity index (χ2v) is 8.39. The van der Waals surface area contributed by atoms with E-state index in [0.29, 0.717) is 37.4 Å². The van der Waals surface area contributed by atoms with Crippen molar-refractivity contribution in [1.29, 1.82) is 0 Å². The van der Waals surface area contributed by atoms with Gasteiger partial charge in [0, 0.05) is 24.7 Å². The Bertz CT molecular complexity index is 1080. The number of nitrogens with zero attached hydrogens (tertiary/aromatic N) is 3. The molecular weight excluding hydrogens is 434 g/mol. The molecule has 2 N–H and O–H groups in total. The minimum absolute atomic E-state index is 0.0402. The van der Waals surface area contributed by atoms with Crippen molar-refractivity contribution in [3.05, 3.63) is 60.2 Å². The Morgan fingerprint density at radius 2 is 1.76 bits per heavy atom. The number of aliphatic imine (C=N–C) groups is 1. The van der Waals surface area contributed by atoms with Crippen LogP contribution in [0.4, 0.5) is 5.69 Å². The molecule has 9 nitrogen and oxygen atoms in total. The van der Waals surface area contributed by atoms with Crippen LogP contribution in [0.25, 0.3) is 0 Å². The van der Waals surface area contributed by atoms with E-state index in [0.717, 1.165) is 5.56 Å². The van der Waals surface area contributed by atoms with E-state index in [9.17, 15) is 14.4 Å². The van der Waals surface area contributed by atoms with Crippen LogP contribution in [-0.2, 0) is 20.8 Å². The van der Waals surface area contributed by atoms with E-state index in [1.165, 1.54) is 5.01 Å². The lowest BCUT2D eigenvalue weighted by Gasteiger charge is -2.34. The topological polar surface area (TPSA) is 103 Å². The lowest BCUT2D eigenvalue weighted by molar-refractivity contribution is -0.131. The fraction of sp³-hybridized carbons (Fsp3) is 0.360. The molecule has 0 saturated carbocycles. The first kappa shape index (κ1) is 23.3. The average molecular weight is 464 g/mol. The molecule has 2 heterocycles. The number of hydrogen-bond acceptors (Lipinski definition) is 6. The molecule has 3 amide bonds. The van der Waals surface area contributed by atoms with Gasteiger partial charge in [0.15, 0.2) is 0 Å². The van der Waals surface area contributed by atoms with Crippen LogP contribution in [0.1, 0.15) is 25.3 Å². The van der Waals surface area contributed by atoms with Crippen molar-refractivity contribution in [2.24, 2.45) is 4.99 Å². The third kappa shape index (κ3) is 5.19. The lowest BCUT2D eigenvalue weighted by atomic mass is 10.0. The summed E-state index contributed by atoms with van der Waals surface area (Å²) >= 11 is 0. The largest absolute Gasteiger partial charge is 0.496 e. The van der Waals surface area contributed by atoms with Gasteiger partial charge in [-0.25, -0.2) is 10.0 Å². The molecule has 178 valence electrons. The lowest BCUT2D eigenvalue weighted by Crippen LogP contribution is -2.59. The van der Waals surface area contributed by atoms with Gasteiger partial charge in [-0.05, 0) is 38.0 Å². The van der Waals surface area contributed by atoms with Gasteiger partial charge in [-0.3, -0.25) is 19.8 Å². The first-order valence-electron chi connectivity index (χ1n) is 11.4. The molecule has 9 heteroatoms. The van der Waals surface area contributed by atoms with Crippen molar-refractivity contribution in [1.82, 2.24) is 15.6 Å². The Balaban J connectivity index is 1.31. The zero-order valence-electron chi connectivity index (χ0n) is 19.4. The number of amides is 3. The van der Waals surface area contributed by atoms with Crippen LogP contribution in [0.15, 0.2) is 59.6 Å². The molecule has 1 saturated heterocycles. The summed E-state index contributed by atoms with van der Waals surface area (Å²) in [6.07, 6.45) is 1.57. The Kier molecular flexibility index (Phi) is 7.10. The molecule has 1 unspecified atom stereocenters. The Labute approximate surface area is 198 Å². The smallest absolute Gasteiger partial charge is 0.288 e. The Hall–Kier alpha value is -3.88. The third-order valence-electron chi connectivity index (χ3n) is 6.06. The molecule has 4 rings (SSSR count). The second-order valence-electron chi connectivity index (χ2n) is 8.39. The number of piperidine rings is 1. The molecule has 0 spiro atoms. The molecule has 0 radical (unpaired) electrons. The number of methoxy groups -OCH3 is 1. The summed E-state index contributed by atoms with van der Waals surface area (Å²) in [4.78, 5) is 44.2. The van der Waals surface area contributed by atoms with Crippen molar-refractivity contribution in [3.8, 4) is 5.75 Å². The number of hydrazine groups is 1. The minimum atomic E-state index is -0.670. The number of ether oxygens (including phenoxy) is 1. The van der Waals surface area contributed by atoms with Gasteiger partial charge in [-0.1, -0.05) is 36.4 Å². The summed E-state index contributed by atoms with van der Waals surface area (Å²) < 4.78 is 5.34. The number of nitrogens with one attached hydrogen (secondary N) is 2. The summed E-state index contributed by atoms with van der Waals surface area (Å²) in [7, 11) is 1.60. The van der Waals surface area contributed by atoms with Crippen molar-refractivity contribution in [2.45, 2.75) is 38.3 Å². The first-order valence-corrected chi connectivity index (χ1v) is 11.4. The second kappa shape index (κ2) is 10.4. The SMILES string of the molecule is COc1ccccc1CC(=O)N1CCC(NC(=O)C2=NC(C)C(=O)N(c3ccccc3)N2)CC1. The van der Waals surface area contributed by atoms with Gasteiger partial charge in [0.05, 0.1) is 19.2 Å². The van der Waals surface area contributed by atoms with Gasteiger partial charge in [-0.2, -0.15) is 0 Å². The zero-order valence-corrected chi connectivity index (χ0v) is 19.4. The van der Waals surface area contributed by atoms with Crippen molar-refractivity contribution >= 4 is 29.2 Å². The Morgan fingerprint density at radius 1 is 1.09 bits per heavy atom. The maximum atomic E-state index is 12.9. The maximum Gasteiger partial charge on any atom is 0.288 e. The number of para-hydroxylation sites is 2. The van der Waals surface area contributed by atoms with Gasteiger partial charge < -0.3 is 15.0 Å². The van der Waals surface area contributed by atoms with Gasteiger partial charge in [0.1, 0.15) is 11.8 Å². The van der Waals surface area contributed by atoms with E-state index in [1.807, 2.05) is 47.4 Å². The van der Waals surface area contributed by atoms with Crippen LogP contribution in [0, 0.1) is 0 Å². The van der Waals surface area contributed by atoms with Gasteiger partial charge >= 0.3 is 0 Å². The summed E-state index contributed by atoms with van der Waals surface area (Å²) in [5, 5.41) is 4.35. The van der Waals surface area contributed by atoms with Crippen LogP contribution in [0.3, 0.4) is 0 Å². The monoisotopic (exact) mass is 463 g/mol. The summed E-state index contributed by atoms with van der Waals surface area (Å²) in [6.45, 7) is 2.78. The number of benzene rings is 2. The van der Waals surface area contributed by atoms with E-state index < -0.39 is 6.04 Å². The van der Waals surface area contributed by atoms with Crippen molar-refractivity contribution in [3.63, 3.8) is 0 Å². The van der Waals surface area contributed by atoms with Crippen molar-refractivity contribution in [2.75, 3.05) is 25.2 Å². The predicted molar refractivity (Wildman–Crippen MR) is 128 cm³/mol. The Morgan fingerprint density at radius 3 is 2.47 bits per heavy atom. The number of rotatable bonds is 6. The van der Waals surface area contributed by atoms with Gasteiger partial charge in [0.25, 0.3) is 11.8 Å². The van der Waals surface area contributed by atoms with Gasteiger partial charge in [0.2, 0.25) is 11.7 Å². The minimum Gasteiger partial charge on any atom is -0.496 e. The predicted octanol–water partition coefficient (Wildman–Crippen LogP) is 1.68. The van der Waals surface area contributed by atoms with Crippen molar-refractivity contribution < 1.29 is 19.1 Å². The number of likely N-dealkylation sites (tertiary alicyclic amines) is 1. The highest BCUT2D eigenvalue weighted by atomic mass is 16.5. The van der Waals surface area contributed by atoms with Gasteiger partial charge in [-0.15, -0.1) is 0 Å². The molecule has 1 fully saturated rings. The molecule has 34 heavy (non-hydrogen) atoms. The quantitative estimate of drug-likeness (QED) is 0.679. The molecule has 2 aromatic rings. The zero-order chi connectivity index (χ0) is 24.1. The van der Waals surface area contributed by atoms with E-state index in [-0.39, 0.29) is 36.0 Å². The molecule has 0 bridgehead atoms.